The lowest BCUT2D eigenvalue weighted by atomic mass is 9.94. The molecular weight excluding hydrogens is 433 g/mol. The third-order valence-electron chi connectivity index (χ3n) is 5.04. The van der Waals surface area contributed by atoms with Gasteiger partial charge in [-0.25, -0.2) is 9.18 Å². The van der Waals surface area contributed by atoms with Crippen LogP contribution in [0.25, 0.3) is 34.0 Å². The molecule has 3 aromatic carbocycles. The molecule has 0 aliphatic carbocycles. The van der Waals surface area contributed by atoms with E-state index in [0.717, 1.165) is 28.3 Å². The molecular formula is C24H21ClFN3O3. The van der Waals surface area contributed by atoms with Gasteiger partial charge in [-0.15, -0.1) is 12.4 Å². The molecule has 0 aliphatic rings. The predicted molar refractivity (Wildman–Crippen MR) is 122 cm³/mol. The first-order valence-corrected chi connectivity index (χ1v) is 9.68. The number of aromatic nitrogens is 2. The van der Waals surface area contributed by atoms with E-state index in [4.69, 9.17) is 9.63 Å². The van der Waals surface area contributed by atoms with Crippen molar-refractivity contribution < 1.29 is 18.8 Å². The topological polar surface area (TPSA) is 88.2 Å². The number of carboxylic acids is 1. The van der Waals surface area contributed by atoms with Crippen molar-refractivity contribution in [1.29, 1.82) is 0 Å². The predicted octanol–water partition coefficient (Wildman–Crippen LogP) is 5.36. The van der Waals surface area contributed by atoms with Crippen LogP contribution in [-0.2, 0) is 6.54 Å². The van der Waals surface area contributed by atoms with Crippen LogP contribution in [0.15, 0.2) is 65.2 Å². The normalized spacial score (nSPS) is 10.6. The van der Waals surface area contributed by atoms with Crippen LogP contribution in [0.2, 0.25) is 0 Å². The van der Waals surface area contributed by atoms with E-state index in [2.05, 4.69) is 34.5 Å². The summed E-state index contributed by atoms with van der Waals surface area (Å²) in [7, 11) is 1.88. The molecule has 8 heteroatoms. The number of aryl methyl sites for hydroxylation is 1. The summed E-state index contributed by atoms with van der Waals surface area (Å²) in [6.07, 6.45) is 0. The Kier molecular flexibility index (Phi) is 7.02. The molecule has 0 radical (unpaired) electrons. The van der Waals surface area contributed by atoms with Crippen LogP contribution in [0.5, 0.6) is 0 Å². The van der Waals surface area contributed by atoms with Crippen molar-refractivity contribution >= 4 is 18.4 Å². The summed E-state index contributed by atoms with van der Waals surface area (Å²) >= 11 is 0. The van der Waals surface area contributed by atoms with Crippen LogP contribution >= 0.6 is 12.4 Å². The zero-order valence-corrected chi connectivity index (χ0v) is 18.2. The quantitative estimate of drug-likeness (QED) is 0.408. The van der Waals surface area contributed by atoms with Gasteiger partial charge < -0.3 is 14.9 Å². The summed E-state index contributed by atoms with van der Waals surface area (Å²) in [5.41, 5.74) is 5.19. The molecule has 0 aliphatic heterocycles. The summed E-state index contributed by atoms with van der Waals surface area (Å²) in [6, 6.07) is 17.8. The zero-order valence-electron chi connectivity index (χ0n) is 17.4. The summed E-state index contributed by atoms with van der Waals surface area (Å²) in [6.45, 7) is 2.73. The van der Waals surface area contributed by atoms with Crippen LogP contribution in [0, 0.1) is 12.7 Å². The molecule has 0 amide bonds. The molecule has 4 rings (SSSR count). The van der Waals surface area contributed by atoms with E-state index in [1.54, 1.807) is 0 Å². The molecule has 0 saturated carbocycles. The molecule has 164 valence electrons. The molecule has 4 aromatic rings. The highest BCUT2D eigenvalue weighted by Gasteiger charge is 2.16. The van der Waals surface area contributed by atoms with Crippen molar-refractivity contribution in [2.45, 2.75) is 13.5 Å². The molecule has 1 heterocycles. The highest BCUT2D eigenvalue weighted by molar-refractivity contribution is 5.88. The molecule has 6 nitrogen and oxygen atoms in total. The Hall–Kier alpha value is -3.55. The molecule has 0 atom stereocenters. The van der Waals surface area contributed by atoms with Gasteiger partial charge in [-0.3, -0.25) is 0 Å². The Bertz CT molecular complexity index is 1270. The highest BCUT2D eigenvalue weighted by atomic mass is 35.5. The van der Waals surface area contributed by atoms with E-state index in [1.807, 2.05) is 37.4 Å². The fourth-order valence-corrected chi connectivity index (χ4v) is 3.49. The summed E-state index contributed by atoms with van der Waals surface area (Å²) < 4.78 is 19.4. The van der Waals surface area contributed by atoms with Gasteiger partial charge in [0.05, 0.1) is 5.56 Å². The first kappa shape index (κ1) is 23.1. The zero-order chi connectivity index (χ0) is 22.0. The lowest BCUT2D eigenvalue weighted by molar-refractivity contribution is 0.0692. The number of hydrogen-bond acceptors (Lipinski definition) is 5. The van der Waals surface area contributed by atoms with E-state index >= 15 is 0 Å². The Morgan fingerprint density at radius 2 is 1.81 bits per heavy atom. The second-order valence-corrected chi connectivity index (χ2v) is 7.14. The average molecular weight is 454 g/mol. The van der Waals surface area contributed by atoms with Gasteiger partial charge in [0, 0.05) is 17.7 Å². The first-order valence-electron chi connectivity index (χ1n) is 9.68. The van der Waals surface area contributed by atoms with Crippen molar-refractivity contribution in [3.05, 3.63) is 83.2 Å². The minimum Gasteiger partial charge on any atom is -0.478 e. The number of nitrogens with one attached hydrogen (secondary N) is 1. The summed E-state index contributed by atoms with van der Waals surface area (Å²) in [4.78, 5) is 15.4. The highest BCUT2D eigenvalue weighted by Crippen LogP contribution is 2.31. The minimum atomic E-state index is -1.33. The number of halogens is 2. The molecule has 0 bridgehead atoms. The fraction of sp³-hybridized carbons (Fsp3) is 0.125. The maximum atomic E-state index is 14.0. The van der Waals surface area contributed by atoms with Gasteiger partial charge in [0.2, 0.25) is 5.82 Å². The second kappa shape index (κ2) is 9.72. The van der Waals surface area contributed by atoms with E-state index in [-0.39, 0.29) is 18.2 Å². The number of rotatable bonds is 6. The van der Waals surface area contributed by atoms with Gasteiger partial charge >= 0.3 is 5.97 Å². The number of hydrogen-bond donors (Lipinski definition) is 2. The third kappa shape index (κ3) is 4.54. The Labute approximate surface area is 190 Å². The first-order chi connectivity index (χ1) is 15.0. The molecule has 2 N–H and O–H groups in total. The Morgan fingerprint density at radius 1 is 1.06 bits per heavy atom. The van der Waals surface area contributed by atoms with Crippen molar-refractivity contribution in [2.75, 3.05) is 7.05 Å². The summed E-state index contributed by atoms with van der Waals surface area (Å²) in [5, 5.41) is 16.1. The lowest BCUT2D eigenvalue weighted by Crippen LogP contribution is -2.07. The average Bonchev–Trinajstić information content (AvgIpc) is 3.24. The number of nitrogens with zero attached hydrogens (tertiary/aromatic N) is 2. The van der Waals surface area contributed by atoms with Gasteiger partial charge in [0.15, 0.2) is 0 Å². The number of benzene rings is 3. The van der Waals surface area contributed by atoms with E-state index in [1.165, 1.54) is 17.7 Å². The van der Waals surface area contributed by atoms with E-state index in [0.29, 0.717) is 18.0 Å². The molecule has 0 unspecified atom stereocenters. The number of carboxylic acid groups (broad SMARTS) is 1. The van der Waals surface area contributed by atoms with Gasteiger partial charge in [-0.05, 0) is 66.6 Å². The van der Waals surface area contributed by atoms with E-state index < -0.39 is 17.3 Å². The SMILES string of the molecule is CNCc1cc(-c2nc(-c3ccc(C(=O)O)c(F)c3)no2)ccc1-c1ccccc1C.Cl. The second-order valence-electron chi connectivity index (χ2n) is 7.14. The Balaban J connectivity index is 0.00000289. The molecule has 0 fully saturated rings. The lowest BCUT2D eigenvalue weighted by Gasteiger charge is -2.13. The van der Waals surface area contributed by atoms with Crippen LogP contribution < -0.4 is 5.32 Å². The van der Waals surface area contributed by atoms with Gasteiger partial charge in [0.25, 0.3) is 5.89 Å². The molecule has 32 heavy (non-hydrogen) atoms. The van der Waals surface area contributed by atoms with Crippen LogP contribution in [-0.4, -0.2) is 28.3 Å². The summed E-state index contributed by atoms with van der Waals surface area (Å²) in [5.74, 6) is -1.70. The van der Waals surface area contributed by atoms with Gasteiger partial charge in [-0.1, -0.05) is 35.5 Å². The minimum absolute atomic E-state index is 0. The van der Waals surface area contributed by atoms with Gasteiger partial charge in [0.1, 0.15) is 5.82 Å². The fourth-order valence-electron chi connectivity index (χ4n) is 3.49. The van der Waals surface area contributed by atoms with Crippen molar-refractivity contribution in [3.63, 3.8) is 0 Å². The molecule has 1 aromatic heterocycles. The van der Waals surface area contributed by atoms with E-state index in [9.17, 15) is 9.18 Å². The Morgan fingerprint density at radius 3 is 2.50 bits per heavy atom. The van der Waals surface area contributed by atoms with Crippen molar-refractivity contribution in [2.24, 2.45) is 0 Å². The van der Waals surface area contributed by atoms with Gasteiger partial charge in [-0.2, -0.15) is 4.98 Å². The van der Waals surface area contributed by atoms with Crippen molar-refractivity contribution in [3.8, 4) is 34.0 Å². The molecule has 0 saturated heterocycles. The van der Waals surface area contributed by atoms with Crippen LogP contribution in [0.4, 0.5) is 4.39 Å². The van der Waals surface area contributed by atoms with Crippen molar-refractivity contribution in [1.82, 2.24) is 15.5 Å². The monoisotopic (exact) mass is 453 g/mol. The van der Waals surface area contributed by atoms with Crippen LogP contribution in [0.3, 0.4) is 0 Å². The van der Waals surface area contributed by atoms with Crippen LogP contribution in [0.1, 0.15) is 21.5 Å². The maximum Gasteiger partial charge on any atom is 0.338 e. The maximum absolute atomic E-state index is 14.0. The number of carbonyl (C=O) groups is 1. The smallest absolute Gasteiger partial charge is 0.338 e. The largest absolute Gasteiger partial charge is 0.478 e. The third-order valence-corrected chi connectivity index (χ3v) is 5.04. The molecule has 0 spiro atoms. The standard InChI is InChI=1S/C24H20FN3O3.ClH/c1-14-5-3-4-6-18(14)19-9-8-16(11-17(19)13-26-2)23-27-22(28-31-23)15-7-10-20(24(29)30)21(25)12-15;/h3-12,26H,13H2,1-2H3,(H,29,30);1H. The number of aromatic carboxylic acids is 1.